The number of carboxylic acids is 1. The lowest BCUT2D eigenvalue weighted by Gasteiger charge is -2.43. The molecule has 0 aliphatic carbocycles. The Morgan fingerprint density at radius 1 is 0.535 bits per heavy atom. The molecule has 1 amide bonds. The number of morpholine rings is 2. The number of hydrogen-bond acceptors (Lipinski definition) is 17. The van der Waals surface area contributed by atoms with Gasteiger partial charge in [0.05, 0.1) is 61.0 Å². The molecule has 19 nitrogen and oxygen atoms in total. The molecule has 2 fully saturated rings. The monoisotopic (exact) mass is 1380 g/mol. The lowest BCUT2D eigenvalue weighted by molar-refractivity contribution is -0.128. The van der Waals surface area contributed by atoms with E-state index < -0.39 is 52.2 Å². The van der Waals surface area contributed by atoms with Gasteiger partial charge in [-0.05, 0) is 79.4 Å². The highest BCUT2D eigenvalue weighted by Crippen LogP contribution is 2.41. The fraction of sp³-hybridized carbons (Fsp3) is 0.359. The fourth-order valence-corrected chi connectivity index (χ4v) is 22.2. The molecule has 2 aromatic heterocycles. The second-order valence-electron chi connectivity index (χ2n) is 27.4. The number of carbonyl (C=O) groups excluding carboxylic acids is 3. The minimum Gasteiger partial charge on any atom is -0.491 e. The van der Waals surface area contributed by atoms with Crippen LogP contribution in [0.4, 0.5) is 0 Å². The minimum atomic E-state index is -2.76. The summed E-state index contributed by atoms with van der Waals surface area (Å²) in [5.41, 5.74) is 2.56. The highest BCUT2D eigenvalue weighted by atomic mass is 28.4. The molecule has 21 heteroatoms. The Bertz CT molecular complexity index is 3950. The van der Waals surface area contributed by atoms with E-state index in [2.05, 4.69) is 154 Å². The fourth-order valence-electron chi connectivity index (χ4n) is 13.1. The smallest absolute Gasteiger partial charge is 0.349 e. The normalized spacial score (nSPS) is 17.2. The molecule has 520 valence electrons. The third kappa shape index (κ3) is 17.2. The predicted octanol–water partition coefficient (Wildman–Crippen LogP) is 10.6. The molecule has 4 aliphatic rings. The number of fused-ring (bicyclic) bond motifs is 2. The molecule has 6 heterocycles. The molecule has 0 spiro atoms. The third-order valence-electron chi connectivity index (χ3n) is 17.5. The van der Waals surface area contributed by atoms with Crippen LogP contribution in [0.3, 0.4) is 0 Å². The van der Waals surface area contributed by atoms with Crippen LogP contribution in [0.25, 0.3) is 0 Å². The number of nitrogens with zero attached hydrogens (tertiary/aromatic N) is 3. The number of nitrogens with one attached hydrogen (secondary N) is 1. The molecule has 2 saturated heterocycles. The van der Waals surface area contributed by atoms with E-state index in [0.29, 0.717) is 111 Å². The standard InChI is InChI=1S/C39H44N2O7Si.C24H27NO3Si.C15H19NO5/c1-38(2,3)49(29-14-8-6-9-15-29,30-16-10-7-11-17-30)46-24-21-32-31(18-13-22-40-32)36(42)41-23-25-44-26-28(41)27-45-33-19-12-20-34-35(33)37(43)48-39(4,5)47-34;1-24(2,3)29(19-11-6-4-7-12-19,20-13-8-5-9-14-20)28-18-16-22-21(23(26)27)15-10-17-25-22;1-15(2)20-12-5-3-4-11(13(12)14(17)21-15)19-9-10-8-18-7-6-16-10/h6-20,22,28H,21,23-27H2,1-5H3;4-15,17H,16,18H2,1-3H3,(H,26,27);3-5,10,16H,6-9H2,1-2H3/t28-;;10-/m0.0/s1. The van der Waals surface area contributed by atoms with Gasteiger partial charge in [-0.2, -0.15) is 0 Å². The summed E-state index contributed by atoms with van der Waals surface area (Å²) in [6.07, 6.45) is 4.26. The summed E-state index contributed by atoms with van der Waals surface area (Å²) in [7, 11) is -5.38. The van der Waals surface area contributed by atoms with Gasteiger partial charge in [-0.25, -0.2) is 14.4 Å². The van der Waals surface area contributed by atoms with Gasteiger partial charge in [0.2, 0.25) is 11.6 Å². The molecule has 0 bridgehead atoms. The Kier molecular flexibility index (Phi) is 23.4. The van der Waals surface area contributed by atoms with Gasteiger partial charge in [0.25, 0.3) is 22.5 Å². The van der Waals surface area contributed by atoms with Crippen molar-refractivity contribution in [3.63, 3.8) is 0 Å². The van der Waals surface area contributed by atoms with Crippen LogP contribution in [-0.4, -0.2) is 150 Å². The maximum absolute atomic E-state index is 14.2. The number of hydrogen-bond donors (Lipinski definition) is 2. The largest absolute Gasteiger partial charge is 0.491 e. The Morgan fingerprint density at radius 2 is 0.960 bits per heavy atom. The number of rotatable bonds is 20. The van der Waals surface area contributed by atoms with E-state index in [1.807, 2.05) is 30.3 Å². The zero-order chi connectivity index (χ0) is 70.4. The van der Waals surface area contributed by atoms with Crippen molar-refractivity contribution in [2.75, 3.05) is 65.9 Å². The third-order valence-corrected chi connectivity index (χ3v) is 27.6. The summed E-state index contributed by atoms with van der Waals surface area (Å²) in [6, 6.07) is 58.9. The number of cyclic esters (lactones) is 2. The topological polar surface area (TPSA) is 222 Å². The van der Waals surface area contributed by atoms with Crippen LogP contribution in [0.5, 0.6) is 23.0 Å². The molecule has 12 rings (SSSR count). The predicted molar refractivity (Wildman–Crippen MR) is 382 cm³/mol. The van der Waals surface area contributed by atoms with Crippen molar-refractivity contribution >= 4 is 61.2 Å². The first-order valence-corrected chi connectivity index (χ1v) is 37.4. The van der Waals surface area contributed by atoms with Gasteiger partial charge < -0.3 is 62.1 Å². The highest BCUT2D eigenvalue weighted by Gasteiger charge is 2.52. The van der Waals surface area contributed by atoms with Gasteiger partial charge in [-0.3, -0.25) is 14.8 Å². The summed E-state index contributed by atoms with van der Waals surface area (Å²) >= 11 is 0. The van der Waals surface area contributed by atoms with E-state index in [0.717, 1.165) is 6.54 Å². The van der Waals surface area contributed by atoms with E-state index in [9.17, 15) is 24.3 Å². The van der Waals surface area contributed by atoms with Crippen LogP contribution < -0.4 is 45.0 Å². The van der Waals surface area contributed by atoms with Gasteiger partial charge in [-0.15, -0.1) is 0 Å². The molecule has 99 heavy (non-hydrogen) atoms. The second-order valence-corrected chi connectivity index (χ2v) is 36.1. The van der Waals surface area contributed by atoms with Crippen LogP contribution in [0, 0.1) is 0 Å². The quantitative estimate of drug-likeness (QED) is 0.0535. The zero-order valence-corrected chi connectivity index (χ0v) is 60.1. The maximum Gasteiger partial charge on any atom is 0.349 e. The van der Waals surface area contributed by atoms with Crippen LogP contribution in [-0.2, 0) is 40.6 Å². The number of amides is 1. The molecule has 0 radical (unpaired) electrons. The van der Waals surface area contributed by atoms with E-state index >= 15 is 0 Å². The molecule has 8 aromatic rings. The molecule has 2 N–H and O–H groups in total. The van der Waals surface area contributed by atoms with Gasteiger partial charge in [0.15, 0.2) is 0 Å². The number of benzene rings is 6. The van der Waals surface area contributed by atoms with Crippen molar-refractivity contribution in [1.82, 2.24) is 20.2 Å². The van der Waals surface area contributed by atoms with Gasteiger partial charge in [0.1, 0.15) is 47.3 Å². The first kappa shape index (κ1) is 72.7. The molecule has 4 aliphatic heterocycles. The molecule has 0 saturated carbocycles. The summed E-state index contributed by atoms with van der Waals surface area (Å²) in [5.74, 6) is -2.40. The number of aromatic carboxylic acids is 1. The maximum atomic E-state index is 14.2. The first-order valence-electron chi connectivity index (χ1n) is 33.6. The first-order chi connectivity index (χ1) is 47.4. The van der Waals surface area contributed by atoms with E-state index in [4.69, 9.17) is 46.7 Å². The van der Waals surface area contributed by atoms with Crippen molar-refractivity contribution < 1.29 is 71.0 Å². The highest BCUT2D eigenvalue weighted by molar-refractivity contribution is 7.00. The lowest BCUT2D eigenvalue weighted by atomic mass is 10.1. The van der Waals surface area contributed by atoms with E-state index in [1.165, 1.54) is 20.7 Å². The van der Waals surface area contributed by atoms with E-state index in [-0.39, 0.29) is 39.8 Å². The summed E-state index contributed by atoms with van der Waals surface area (Å²) < 4.78 is 59.2. The zero-order valence-electron chi connectivity index (χ0n) is 58.1. The summed E-state index contributed by atoms with van der Waals surface area (Å²) in [6.45, 7) is 24.7. The second kappa shape index (κ2) is 31.9. The number of carbonyl (C=O) groups is 4. The van der Waals surface area contributed by atoms with E-state index in [1.54, 1.807) is 99.6 Å². The Balaban J connectivity index is 0.000000178. The van der Waals surface area contributed by atoms with Crippen molar-refractivity contribution in [3.8, 4) is 23.0 Å². The SMILES string of the molecule is CC(C)(C)[Si](OCCc1ncccc1C(=O)O)(c1ccccc1)c1ccccc1.CC1(C)OC(=O)c2c(OC[C@@H]3COCCN3)cccc2O1.CC1(C)OC(=O)c2c(OC[C@@H]3COCCN3C(=O)c3cccnc3CCO[Si](c3ccccc3)(c3ccccc3)C(C)(C)C)cccc2O1. The number of aromatic nitrogens is 2. The van der Waals surface area contributed by atoms with Gasteiger partial charge >= 0.3 is 17.9 Å². The Hall–Kier alpha value is -9.07. The molecule has 2 atom stereocenters. The molecule has 6 aromatic carbocycles. The van der Waals surface area contributed by atoms with Crippen LogP contribution in [0.1, 0.15) is 122 Å². The van der Waals surface area contributed by atoms with Gasteiger partial charge in [-0.1, -0.05) is 175 Å². The van der Waals surface area contributed by atoms with Crippen molar-refractivity contribution in [3.05, 3.63) is 228 Å². The lowest BCUT2D eigenvalue weighted by Crippen LogP contribution is -2.66. The minimum absolute atomic E-state index is 0.116. The molecule has 0 unspecified atom stereocenters. The average Bonchev–Trinajstić information content (AvgIpc) is 0.756. The number of esters is 2. The average molecular weight is 1380 g/mol. The van der Waals surface area contributed by atoms with Crippen LogP contribution in [0.2, 0.25) is 10.1 Å². The van der Waals surface area contributed by atoms with Gasteiger partial charge in [0, 0.05) is 79.2 Å². The van der Waals surface area contributed by atoms with Crippen molar-refractivity contribution in [2.24, 2.45) is 0 Å². The summed E-state index contributed by atoms with van der Waals surface area (Å²) in [5, 5.41) is 17.3. The summed E-state index contributed by atoms with van der Waals surface area (Å²) in [4.78, 5) is 61.4. The van der Waals surface area contributed by atoms with Crippen molar-refractivity contribution in [1.29, 1.82) is 0 Å². The number of pyridine rings is 2. The van der Waals surface area contributed by atoms with Crippen LogP contribution >= 0.6 is 0 Å². The van der Waals surface area contributed by atoms with Crippen molar-refractivity contribution in [2.45, 2.75) is 116 Å². The Morgan fingerprint density at radius 3 is 1.38 bits per heavy atom. The molecular formula is C78H90N4O15Si2. The Labute approximate surface area is 582 Å². The molecular weight excluding hydrogens is 1290 g/mol. The van der Waals surface area contributed by atoms with Crippen LogP contribution in [0.15, 0.2) is 194 Å². The number of ether oxygens (including phenoxy) is 8. The number of carboxylic acid groups (broad SMARTS) is 1.